The van der Waals surface area contributed by atoms with E-state index in [0.29, 0.717) is 19.8 Å². The number of carbonyl (C=O) groups is 1. The second kappa shape index (κ2) is 8.64. The molecule has 0 aliphatic heterocycles. The van der Waals surface area contributed by atoms with Crippen LogP contribution < -0.4 is 0 Å². The van der Waals surface area contributed by atoms with Gasteiger partial charge in [-0.2, -0.15) is 0 Å². The summed E-state index contributed by atoms with van der Waals surface area (Å²) >= 11 is 0. The molecule has 1 unspecified atom stereocenters. The van der Waals surface area contributed by atoms with Gasteiger partial charge in [-0.1, -0.05) is 51.1 Å². The van der Waals surface area contributed by atoms with Gasteiger partial charge in [-0.25, -0.2) is 4.79 Å². The largest absolute Gasteiger partial charge is 0.465 e. The molecule has 6 heteroatoms. The van der Waals surface area contributed by atoms with Crippen molar-refractivity contribution in [3.63, 3.8) is 0 Å². The third kappa shape index (κ3) is 5.92. The van der Waals surface area contributed by atoms with E-state index in [1.54, 1.807) is 7.11 Å². The van der Waals surface area contributed by atoms with Gasteiger partial charge in [0.05, 0.1) is 19.3 Å². The van der Waals surface area contributed by atoms with Crippen LogP contribution in [0.15, 0.2) is 30.3 Å². The molecule has 0 heterocycles. The van der Waals surface area contributed by atoms with E-state index in [9.17, 15) is 9.90 Å². The SMILES string of the molecule is COCC(CO[Si](C)(C)C(C)(C)C)N(Cc1ccccc1)C(=O)O. The first-order chi connectivity index (χ1) is 11.1. The van der Waals surface area contributed by atoms with E-state index in [1.165, 1.54) is 4.90 Å². The van der Waals surface area contributed by atoms with Gasteiger partial charge >= 0.3 is 6.09 Å². The Morgan fingerprint density at radius 2 is 1.79 bits per heavy atom. The van der Waals surface area contributed by atoms with Gasteiger partial charge in [-0.15, -0.1) is 0 Å². The third-order valence-electron chi connectivity index (χ3n) is 4.68. The fraction of sp³-hybridized carbons (Fsp3) is 0.611. The van der Waals surface area contributed by atoms with Crippen LogP contribution in [0.25, 0.3) is 0 Å². The molecular weight excluding hydrogens is 322 g/mol. The molecule has 5 nitrogen and oxygen atoms in total. The minimum absolute atomic E-state index is 0.0815. The fourth-order valence-corrected chi connectivity index (χ4v) is 3.12. The Labute approximate surface area is 146 Å². The summed E-state index contributed by atoms with van der Waals surface area (Å²) in [6, 6.07) is 9.26. The molecule has 24 heavy (non-hydrogen) atoms. The second-order valence-electron chi connectivity index (χ2n) is 7.58. The lowest BCUT2D eigenvalue weighted by Gasteiger charge is -2.38. The number of methoxy groups -OCH3 is 1. The molecule has 136 valence electrons. The maximum atomic E-state index is 11.8. The molecule has 0 fully saturated rings. The topological polar surface area (TPSA) is 59.0 Å². The molecule has 0 aromatic heterocycles. The van der Waals surface area contributed by atoms with Crippen molar-refractivity contribution in [2.45, 2.75) is 51.5 Å². The highest BCUT2D eigenvalue weighted by Crippen LogP contribution is 2.36. The molecule has 0 saturated heterocycles. The van der Waals surface area contributed by atoms with Crippen LogP contribution in [0.2, 0.25) is 18.1 Å². The van der Waals surface area contributed by atoms with Crippen LogP contribution in [0, 0.1) is 0 Å². The number of hydrogen-bond acceptors (Lipinski definition) is 3. The predicted octanol–water partition coefficient (Wildman–Crippen LogP) is 4.20. The highest BCUT2D eigenvalue weighted by molar-refractivity contribution is 6.74. The predicted molar refractivity (Wildman–Crippen MR) is 98.8 cm³/mol. The monoisotopic (exact) mass is 353 g/mol. The lowest BCUT2D eigenvalue weighted by atomic mass is 10.2. The van der Waals surface area contributed by atoms with Crippen molar-refractivity contribution in [1.29, 1.82) is 0 Å². The molecule has 1 amide bonds. The first kappa shape index (κ1) is 20.7. The quantitative estimate of drug-likeness (QED) is 0.712. The Morgan fingerprint density at radius 3 is 2.25 bits per heavy atom. The summed E-state index contributed by atoms with van der Waals surface area (Å²) in [6.07, 6.45) is -0.959. The van der Waals surface area contributed by atoms with Crippen molar-refractivity contribution < 1.29 is 19.1 Å². The van der Waals surface area contributed by atoms with E-state index in [4.69, 9.17) is 9.16 Å². The van der Waals surface area contributed by atoms with Crippen LogP contribution in [0.4, 0.5) is 4.79 Å². The van der Waals surface area contributed by atoms with E-state index >= 15 is 0 Å². The van der Waals surface area contributed by atoms with Crippen molar-refractivity contribution in [1.82, 2.24) is 4.90 Å². The van der Waals surface area contributed by atoms with E-state index in [1.807, 2.05) is 30.3 Å². The van der Waals surface area contributed by atoms with Crippen LogP contribution in [0.3, 0.4) is 0 Å². The van der Waals surface area contributed by atoms with Gasteiger partial charge in [0.1, 0.15) is 0 Å². The first-order valence-corrected chi connectivity index (χ1v) is 11.2. The van der Waals surface area contributed by atoms with Crippen molar-refractivity contribution >= 4 is 14.4 Å². The normalized spacial score (nSPS) is 13.6. The molecule has 1 N–H and O–H groups in total. The summed E-state index contributed by atoms with van der Waals surface area (Å²) in [5.74, 6) is 0. The molecule has 0 saturated carbocycles. The van der Waals surface area contributed by atoms with Crippen LogP contribution >= 0.6 is 0 Å². The Hall–Kier alpha value is -1.37. The van der Waals surface area contributed by atoms with E-state index < -0.39 is 14.4 Å². The van der Waals surface area contributed by atoms with E-state index in [0.717, 1.165) is 5.56 Å². The van der Waals surface area contributed by atoms with Crippen molar-refractivity contribution in [3.05, 3.63) is 35.9 Å². The number of hydrogen-bond donors (Lipinski definition) is 1. The Morgan fingerprint density at radius 1 is 1.21 bits per heavy atom. The summed E-state index contributed by atoms with van der Waals surface area (Å²) in [5.41, 5.74) is 0.952. The van der Waals surface area contributed by atoms with Gasteiger partial charge in [0.2, 0.25) is 0 Å². The molecular formula is C18H31NO4Si. The Bertz CT molecular complexity index is 514. The van der Waals surface area contributed by atoms with Gasteiger partial charge in [-0.05, 0) is 23.7 Å². The number of rotatable bonds is 8. The standard InChI is InChI=1S/C18H31NO4Si/c1-18(2,3)24(5,6)23-14-16(13-22-4)19(17(20)21)12-15-10-8-7-9-11-15/h7-11,16H,12-14H2,1-6H3,(H,20,21). The lowest BCUT2D eigenvalue weighted by molar-refractivity contribution is 0.0500. The van der Waals surface area contributed by atoms with Crippen LogP contribution in [-0.4, -0.2) is 50.8 Å². The zero-order chi connectivity index (χ0) is 18.4. The molecule has 0 spiro atoms. The van der Waals surface area contributed by atoms with Crippen molar-refractivity contribution in [2.24, 2.45) is 0 Å². The molecule has 0 aliphatic carbocycles. The smallest absolute Gasteiger partial charge is 0.408 e. The average Bonchev–Trinajstić information content (AvgIpc) is 2.49. The maximum absolute atomic E-state index is 11.8. The minimum atomic E-state index is -1.94. The third-order valence-corrected chi connectivity index (χ3v) is 9.18. The van der Waals surface area contributed by atoms with Gasteiger partial charge in [0.15, 0.2) is 8.32 Å². The van der Waals surface area contributed by atoms with Gasteiger partial charge in [-0.3, -0.25) is 4.90 Å². The van der Waals surface area contributed by atoms with E-state index in [-0.39, 0.29) is 11.1 Å². The van der Waals surface area contributed by atoms with E-state index in [2.05, 4.69) is 33.9 Å². The summed E-state index contributed by atoms with van der Waals surface area (Å²) in [5, 5.41) is 9.73. The van der Waals surface area contributed by atoms with Crippen LogP contribution in [0.1, 0.15) is 26.3 Å². The summed E-state index contributed by atoms with van der Waals surface area (Å²) in [4.78, 5) is 13.2. The average molecular weight is 354 g/mol. The Kier molecular flexibility index (Phi) is 7.44. The first-order valence-electron chi connectivity index (χ1n) is 8.25. The molecule has 0 bridgehead atoms. The minimum Gasteiger partial charge on any atom is -0.465 e. The zero-order valence-electron chi connectivity index (χ0n) is 15.7. The van der Waals surface area contributed by atoms with Gasteiger partial charge in [0.25, 0.3) is 0 Å². The highest BCUT2D eigenvalue weighted by Gasteiger charge is 2.38. The lowest BCUT2D eigenvalue weighted by Crippen LogP contribution is -2.49. The molecule has 1 aromatic carbocycles. The summed E-state index contributed by atoms with van der Waals surface area (Å²) in [6.45, 7) is 11.8. The van der Waals surface area contributed by atoms with Gasteiger partial charge in [0, 0.05) is 13.7 Å². The second-order valence-corrected chi connectivity index (χ2v) is 12.4. The number of carboxylic acid groups (broad SMARTS) is 1. The number of nitrogens with zero attached hydrogens (tertiary/aromatic N) is 1. The maximum Gasteiger partial charge on any atom is 0.408 e. The number of ether oxygens (including phenoxy) is 1. The molecule has 0 radical (unpaired) electrons. The number of amides is 1. The van der Waals surface area contributed by atoms with Crippen LogP contribution in [-0.2, 0) is 15.7 Å². The number of benzene rings is 1. The Balaban J connectivity index is 2.87. The fourth-order valence-electron chi connectivity index (χ4n) is 2.07. The van der Waals surface area contributed by atoms with Crippen molar-refractivity contribution in [2.75, 3.05) is 20.3 Å². The zero-order valence-corrected chi connectivity index (χ0v) is 16.7. The highest BCUT2D eigenvalue weighted by atomic mass is 28.4. The van der Waals surface area contributed by atoms with Crippen LogP contribution in [0.5, 0.6) is 0 Å². The molecule has 1 rings (SSSR count). The van der Waals surface area contributed by atoms with Gasteiger partial charge < -0.3 is 14.3 Å². The van der Waals surface area contributed by atoms with Crippen molar-refractivity contribution in [3.8, 4) is 0 Å². The molecule has 1 atom stereocenters. The summed E-state index contributed by atoms with van der Waals surface area (Å²) < 4.78 is 11.5. The molecule has 1 aromatic rings. The molecule has 0 aliphatic rings. The summed E-state index contributed by atoms with van der Waals surface area (Å²) in [7, 11) is -0.359.